The molecule has 2 heterocycles. The lowest BCUT2D eigenvalue weighted by atomic mass is 9.64. The minimum Gasteiger partial charge on any atom is -0.459 e. The smallest absolute Gasteiger partial charge is 0.331 e. The van der Waals surface area contributed by atoms with E-state index < -0.39 is 23.7 Å². The van der Waals surface area contributed by atoms with Crippen LogP contribution >= 0.6 is 0 Å². The Morgan fingerprint density at radius 1 is 1.06 bits per heavy atom. The minimum atomic E-state index is -0.831. The van der Waals surface area contributed by atoms with Crippen LogP contribution in [-0.4, -0.2) is 46.5 Å². The molecule has 0 aromatic heterocycles. The zero-order valence-electron chi connectivity index (χ0n) is 21.5. The number of ether oxygens (including phenoxy) is 2. The van der Waals surface area contributed by atoms with Gasteiger partial charge in [-0.1, -0.05) is 81.4 Å². The third-order valence-corrected chi connectivity index (χ3v) is 7.22. The fourth-order valence-corrected chi connectivity index (χ4v) is 5.73. The number of carbonyl (C=O) groups is 2. The average molecular weight is 479 g/mol. The molecule has 2 saturated heterocycles. The van der Waals surface area contributed by atoms with Crippen molar-refractivity contribution in [1.82, 2.24) is 10.2 Å². The van der Waals surface area contributed by atoms with Crippen LogP contribution in [0, 0.1) is 5.41 Å². The van der Waals surface area contributed by atoms with Gasteiger partial charge in [-0.05, 0) is 43.2 Å². The van der Waals surface area contributed by atoms with Gasteiger partial charge in [0.1, 0.15) is 12.1 Å². The number of likely N-dealkylation sites (tertiary alicyclic amines) is 1. The Morgan fingerprint density at radius 2 is 1.63 bits per heavy atom. The monoisotopic (exact) mass is 478 g/mol. The summed E-state index contributed by atoms with van der Waals surface area (Å²) in [5.74, 6) is -0.462. The minimum absolute atomic E-state index is 0.0291. The van der Waals surface area contributed by atoms with E-state index in [9.17, 15) is 9.59 Å². The highest BCUT2D eigenvalue weighted by Gasteiger charge is 2.68. The molecule has 0 radical (unpaired) electrons. The lowest BCUT2D eigenvalue weighted by Crippen LogP contribution is -2.84. The van der Waals surface area contributed by atoms with Gasteiger partial charge in [0.15, 0.2) is 6.04 Å². The lowest BCUT2D eigenvalue weighted by Gasteiger charge is -2.62. The first-order chi connectivity index (χ1) is 16.6. The van der Waals surface area contributed by atoms with E-state index in [1.54, 1.807) is 4.90 Å². The number of amides is 1. The molecule has 3 unspecified atom stereocenters. The zero-order valence-corrected chi connectivity index (χ0v) is 21.5. The fraction of sp³-hybridized carbons (Fsp3) is 0.517. The quantitative estimate of drug-likeness (QED) is 0.448. The molecule has 0 bridgehead atoms. The molecule has 0 aliphatic carbocycles. The highest BCUT2D eigenvalue weighted by molar-refractivity contribution is 5.98. The number of carbonyl (C=O) groups excluding carboxylic acids is 2. The topological polar surface area (TPSA) is 67.9 Å². The van der Waals surface area contributed by atoms with Gasteiger partial charge in [0, 0.05) is 6.04 Å². The first-order valence-corrected chi connectivity index (χ1v) is 12.6. The number of β-lactam (4-membered cyclic amide) rings is 1. The molecule has 5 atom stereocenters. The maximum Gasteiger partial charge on any atom is 0.331 e. The molecule has 2 aliphatic heterocycles. The molecule has 6 heteroatoms. The Kier molecular flexibility index (Phi) is 7.34. The van der Waals surface area contributed by atoms with Crippen molar-refractivity contribution in [3.05, 3.63) is 71.8 Å². The molecule has 35 heavy (non-hydrogen) atoms. The number of esters is 1. The van der Waals surface area contributed by atoms with Gasteiger partial charge in [-0.25, -0.2) is 4.79 Å². The van der Waals surface area contributed by atoms with Crippen molar-refractivity contribution in [1.29, 1.82) is 0 Å². The number of hydrogen-bond donors (Lipinski definition) is 1. The first kappa shape index (κ1) is 25.4. The van der Waals surface area contributed by atoms with Gasteiger partial charge in [-0.15, -0.1) is 0 Å². The normalized spacial score (nSPS) is 25.9. The molecule has 0 saturated carbocycles. The van der Waals surface area contributed by atoms with E-state index in [-0.39, 0.29) is 30.0 Å². The Bertz CT molecular complexity index is 1020. The van der Waals surface area contributed by atoms with Crippen LogP contribution in [0.5, 0.6) is 0 Å². The fourth-order valence-electron chi connectivity index (χ4n) is 5.73. The predicted octanol–water partition coefficient (Wildman–Crippen LogP) is 4.47. The molecule has 4 rings (SSSR count). The molecule has 2 fully saturated rings. The predicted molar refractivity (Wildman–Crippen MR) is 135 cm³/mol. The molecule has 2 aromatic carbocycles. The third kappa shape index (κ3) is 5.14. The SMILES string of the molecule is CC1CCC2(N1)C(=O)N([C@H](C(=O)OCc1ccccc1)[C@@H](C)OCc1ccccc1)C2C(C)(C)C. The van der Waals surface area contributed by atoms with E-state index in [0.29, 0.717) is 6.61 Å². The van der Waals surface area contributed by atoms with Crippen molar-refractivity contribution in [3.8, 4) is 0 Å². The van der Waals surface area contributed by atoms with E-state index in [2.05, 4.69) is 33.0 Å². The third-order valence-electron chi connectivity index (χ3n) is 7.22. The van der Waals surface area contributed by atoms with Crippen LogP contribution in [0.1, 0.15) is 58.6 Å². The van der Waals surface area contributed by atoms with Crippen LogP contribution in [0.2, 0.25) is 0 Å². The van der Waals surface area contributed by atoms with E-state index >= 15 is 0 Å². The summed E-state index contributed by atoms with van der Waals surface area (Å²) in [7, 11) is 0. The van der Waals surface area contributed by atoms with Crippen molar-refractivity contribution >= 4 is 11.9 Å². The molecule has 2 aromatic rings. The standard InChI is InChI=1S/C29H38N2O4/c1-20-16-17-29(30-20)26(28(3,4)5)31(27(29)33)24(21(2)34-18-22-12-8-6-9-13-22)25(32)35-19-23-14-10-7-11-15-23/h6-15,20-21,24,26,30H,16-19H2,1-5H3/t20?,21-,24+,26?,29?/m1/s1. The van der Waals surface area contributed by atoms with E-state index in [4.69, 9.17) is 9.47 Å². The molecule has 1 spiro atoms. The molecule has 6 nitrogen and oxygen atoms in total. The van der Waals surface area contributed by atoms with Crippen LogP contribution in [0.15, 0.2) is 60.7 Å². The summed E-state index contributed by atoms with van der Waals surface area (Å²) in [6.07, 6.45) is 1.18. The van der Waals surface area contributed by atoms with Crippen LogP contribution in [0.25, 0.3) is 0 Å². The van der Waals surface area contributed by atoms with Gasteiger partial charge >= 0.3 is 5.97 Å². The second-order valence-corrected chi connectivity index (χ2v) is 11.1. The van der Waals surface area contributed by atoms with Crippen molar-refractivity contribution in [2.45, 2.75) is 90.4 Å². The summed E-state index contributed by atoms with van der Waals surface area (Å²) in [5.41, 5.74) is 1.06. The van der Waals surface area contributed by atoms with Crippen LogP contribution in [-0.2, 0) is 32.3 Å². The summed E-state index contributed by atoms with van der Waals surface area (Å²) in [6, 6.07) is 18.7. The molecular formula is C29H38N2O4. The highest BCUT2D eigenvalue weighted by atomic mass is 16.5. The number of nitrogens with zero attached hydrogens (tertiary/aromatic N) is 1. The van der Waals surface area contributed by atoms with Crippen LogP contribution < -0.4 is 5.32 Å². The second kappa shape index (κ2) is 10.1. The summed E-state index contributed by atoms with van der Waals surface area (Å²) in [5, 5.41) is 3.57. The zero-order chi connectivity index (χ0) is 25.2. The van der Waals surface area contributed by atoms with Gasteiger partial charge in [0.2, 0.25) is 5.91 Å². The van der Waals surface area contributed by atoms with Crippen LogP contribution in [0.4, 0.5) is 0 Å². The van der Waals surface area contributed by atoms with Crippen LogP contribution in [0.3, 0.4) is 0 Å². The van der Waals surface area contributed by atoms with Crippen molar-refractivity contribution in [3.63, 3.8) is 0 Å². The largest absolute Gasteiger partial charge is 0.459 e. The van der Waals surface area contributed by atoms with Crippen molar-refractivity contribution < 1.29 is 19.1 Å². The van der Waals surface area contributed by atoms with Crippen molar-refractivity contribution in [2.24, 2.45) is 5.41 Å². The number of rotatable bonds is 8. The number of nitrogens with one attached hydrogen (secondary N) is 1. The second-order valence-electron chi connectivity index (χ2n) is 11.1. The van der Waals surface area contributed by atoms with E-state index in [0.717, 1.165) is 24.0 Å². The summed E-state index contributed by atoms with van der Waals surface area (Å²) in [6.45, 7) is 10.9. The first-order valence-electron chi connectivity index (χ1n) is 12.6. The molecule has 1 amide bonds. The number of hydrogen-bond acceptors (Lipinski definition) is 5. The highest BCUT2D eigenvalue weighted by Crippen LogP contribution is 2.49. The van der Waals surface area contributed by atoms with Crippen molar-refractivity contribution in [2.75, 3.05) is 0 Å². The lowest BCUT2D eigenvalue weighted by molar-refractivity contribution is -0.194. The molecule has 1 N–H and O–H groups in total. The van der Waals surface area contributed by atoms with Gasteiger partial charge in [-0.3, -0.25) is 10.1 Å². The Balaban J connectivity index is 1.59. The average Bonchev–Trinajstić information content (AvgIpc) is 3.25. The molecule has 188 valence electrons. The van der Waals surface area contributed by atoms with Gasteiger partial charge in [0.05, 0.1) is 18.8 Å². The maximum atomic E-state index is 13.8. The maximum absolute atomic E-state index is 13.8. The van der Waals surface area contributed by atoms with E-state index in [1.807, 2.05) is 67.6 Å². The number of benzene rings is 2. The Hall–Kier alpha value is -2.70. The van der Waals surface area contributed by atoms with E-state index in [1.165, 1.54) is 0 Å². The van der Waals surface area contributed by atoms with Gasteiger partial charge in [0.25, 0.3) is 0 Å². The Labute approximate surface area is 209 Å². The molecule has 2 aliphatic rings. The molecular weight excluding hydrogens is 440 g/mol. The van der Waals surface area contributed by atoms with Gasteiger partial charge < -0.3 is 14.4 Å². The Morgan fingerprint density at radius 3 is 2.14 bits per heavy atom. The van der Waals surface area contributed by atoms with Gasteiger partial charge in [-0.2, -0.15) is 0 Å². The summed E-state index contributed by atoms with van der Waals surface area (Å²) in [4.78, 5) is 29.1. The summed E-state index contributed by atoms with van der Waals surface area (Å²) < 4.78 is 12.0. The summed E-state index contributed by atoms with van der Waals surface area (Å²) >= 11 is 0.